The molecule has 1 N–H and O–H groups in total. The number of fused-ring (bicyclic) bond motifs is 1. The fourth-order valence-electron chi connectivity index (χ4n) is 1.55. The highest BCUT2D eigenvalue weighted by Gasteiger charge is 2.08. The maximum absolute atomic E-state index is 10.7. The topological polar surface area (TPSA) is 42.2 Å². The van der Waals surface area contributed by atoms with Gasteiger partial charge in [-0.3, -0.25) is 4.79 Å². The van der Waals surface area contributed by atoms with Gasteiger partial charge in [-0.25, -0.2) is 0 Å². The molecule has 0 aliphatic heterocycles. The normalized spacial score (nSPS) is 10.5. The number of carbonyl (C=O) groups excluding carboxylic acids is 1. The molecule has 3 nitrogen and oxygen atoms in total. The number of phenolic OH excluding ortho intramolecular Hbond substituents is 1. The van der Waals surface area contributed by atoms with Crippen molar-refractivity contribution in [1.82, 2.24) is 4.57 Å². The van der Waals surface area contributed by atoms with E-state index in [1.165, 1.54) is 0 Å². The molecule has 0 spiro atoms. The zero-order chi connectivity index (χ0) is 9.42. The van der Waals surface area contributed by atoms with Crippen LogP contribution in [0.3, 0.4) is 0 Å². The molecule has 0 amide bonds. The number of rotatable bonds is 1. The molecule has 2 rings (SSSR count). The SMILES string of the molecule is Cn1cc(C=O)c2c(O)cccc21. The fourth-order valence-corrected chi connectivity index (χ4v) is 1.55. The zero-order valence-corrected chi connectivity index (χ0v) is 7.19. The van der Waals surface area contributed by atoms with Crippen molar-refractivity contribution in [2.24, 2.45) is 7.05 Å². The first-order valence-corrected chi connectivity index (χ1v) is 3.96. The summed E-state index contributed by atoms with van der Waals surface area (Å²) in [7, 11) is 1.84. The molecule has 0 aliphatic rings. The van der Waals surface area contributed by atoms with Gasteiger partial charge < -0.3 is 9.67 Å². The van der Waals surface area contributed by atoms with E-state index in [2.05, 4.69) is 0 Å². The van der Waals surface area contributed by atoms with Crippen LogP contribution in [0.15, 0.2) is 24.4 Å². The molecule has 2 aromatic rings. The number of aromatic nitrogens is 1. The number of aromatic hydroxyl groups is 1. The molecule has 0 atom stereocenters. The van der Waals surface area contributed by atoms with Crippen LogP contribution in [0.2, 0.25) is 0 Å². The van der Waals surface area contributed by atoms with Crippen LogP contribution in [0.5, 0.6) is 5.75 Å². The Balaban J connectivity index is 2.96. The van der Waals surface area contributed by atoms with Crippen molar-refractivity contribution < 1.29 is 9.90 Å². The van der Waals surface area contributed by atoms with Crippen molar-refractivity contribution in [3.05, 3.63) is 30.0 Å². The van der Waals surface area contributed by atoms with Crippen LogP contribution >= 0.6 is 0 Å². The van der Waals surface area contributed by atoms with E-state index >= 15 is 0 Å². The van der Waals surface area contributed by atoms with E-state index in [0.717, 1.165) is 11.8 Å². The molecule has 0 saturated heterocycles. The van der Waals surface area contributed by atoms with Gasteiger partial charge in [-0.05, 0) is 12.1 Å². The van der Waals surface area contributed by atoms with Crippen LogP contribution in [0.4, 0.5) is 0 Å². The van der Waals surface area contributed by atoms with E-state index < -0.39 is 0 Å². The molecule has 0 unspecified atom stereocenters. The van der Waals surface area contributed by atoms with E-state index in [1.54, 1.807) is 18.3 Å². The Morgan fingerprint density at radius 1 is 1.46 bits per heavy atom. The van der Waals surface area contributed by atoms with Gasteiger partial charge >= 0.3 is 0 Å². The van der Waals surface area contributed by atoms with Crippen molar-refractivity contribution in [3.63, 3.8) is 0 Å². The summed E-state index contributed by atoms with van der Waals surface area (Å²) in [4.78, 5) is 10.7. The molecule has 3 heteroatoms. The molecular formula is C10H9NO2. The quantitative estimate of drug-likeness (QED) is 0.670. The molecule has 0 aliphatic carbocycles. The summed E-state index contributed by atoms with van der Waals surface area (Å²) >= 11 is 0. The molecular weight excluding hydrogens is 166 g/mol. The third-order valence-electron chi connectivity index (χ3n) is 2.15. The summed E-state index contributed by atoms with van der Waals surface area (Å²) in [6.45, 7) is 0. The van der Waals surface area contributed by atoms with Crippen molar-refractivity contribution in [2.45, 2.75) is 0 Å². The van der Waals surface area contributed by atoms with Gasteiger partial charge in [0.2, 0.25) is 0 Å². The number of benzene rings is 1. The van der Waals surface area contributed by atoms with E-state index in [-0.39, 0.29) is 5.75 Å². The zero-order valence-electron chi connectivity index (χ0n) is 7.19. The number of carbonyl (C=O) groups is 1. The predicted molar refractivity (Wildman–Crippen MR) is 50.0 cm³/mol. The predicted octanol–water partition coefficient (Wildman–Crippen LogP) is 1.70. The highest BCUT2D eigenvalue weighted by atomic mass is 16.3. The number of nitrogens with zero attached hydrogens (tertiary/aromatic N) is 1. The van der Waals surface area contributed by atoms with Gasteiger partial charge in [0.25, 0.3) is 0 Å². The third kappa shape index (κ3) is 1.01. The summed E-state index contributed by atoms with van der Waals surface area (Å²) in [5.74, 6) is 0.153. The van der Waals surface area contributed by atoms with E-state index in [0.29, 0.717) is 10.9 Å². The lowest BCUT2D eigenvalue weighted by molar-refractivity contribution is 0.112. The molecule has 0 saturated carbocycles. The molecule has 0 bridgehead atoms. The Kier molecular flexibility index (Phi) is 1.59. The van der Waals surface area contributed by atoms with Crippen LogP contribution in [0, 0.1) is 0 Å². The van der Waals surface area contributed by atoms with Crippen molar-refractivity contribution in [1.29, 1.82) is 0 Å². The van der Waals surface area contributed by atoms with Gasteiger partial charge in [0.15, 0.2) is 6.29 Å². The van der Waals surface area contributed by atoms with E-state index in [1.807, 2.05) is 17.7 Å². The highest BCUT2D eigenvalue weighted by molar-refractivity contribution is 6.01. The van der Waals surface area contributed by atoms with Crippen LogP contribution < -0.4 is 0 Å². The lowest BCUT2D eigenvalue weighted by Gasteiger charge is -1.96. The first kappa shape index (κ1) is 7.86. The third-order valence-corrected chi connectivity index (χ3v) is 2.15. The molecule has 1 aromatic carbocycles. The minimum absolute atomic E-state index is 0.153. The van der Waals surface area contributed by atoms with E-state index in [4.69, 9.17) is 0 Å². The van der Waals surface area contributed by atoms with Crippen LogP contribution in [0.1, 0.15) is 10.4 Å². The Labute approximate surface area is 75.2 Å². The standard InChI is InChI=1S/C10H9NO2/c1-11-5-7(6-12)10-8(11)3-2-4-9(10)13/h2-6,13H,1H3. The molecule has 1 aromatic heterocycles. The second-order valence-electron chi connectivity index (χ2n) is 2.98. The van der Waals surface area contributed by atoms with Crippen molar-refractivity contribution in [2.75, 3.05) is 0 Å². The minimum atomic E-state index is 0.153. The maximum Gasteiger partial charge on any atom is 0.152 e. The Morgan fingerprint density at radius 2 is 2.23 bits per heavy atom. The van der Waals surface area contributed by atoms with Gasteiger partial charge in [0.05, 0.1) is 10.9 Å². The van der Waals surface area contributed by atoms with Gasteiger partial charge in [-0.2, -0.15) is 0 Å². The summed E-state index contributed by atoms with van der Waals surface area (Å²) in [5.41, 5.74) is 1.39. The number of hydrogen-bond donors (Lipinski definition) is 1. The Morgan fingerprint density at radius 3 is 2.92 bits per heavy atom. The molecule has 13 heavy (non-hydrogen) atoms. The number of phenols is 1. The second kappa shape index (κ2) is 2.62. The number of aryl methyl sites for hydroxylation is 1. The summed E-state index contributed by atoms with van der Waals surface area (Å²) in [5, 5.41) is 10.1. The highest BCUT2D eigenvalue weighted by Crippen LogP contribution is 2.27. The van der Waals surface area contributed by atoms with Crippen LogP contribution in [-0.2, 0) is 7.05 Å². The maximum atomic E-state index is 10.7. The van der Waals surface area contributed by atoms with Gasteiger partial charge in [-0.15, -0.1) is 0 Å². The first-order chi connectivity index (χ1) is 6.24. The van der Waals surface area contributed by atoms with Gasteiger partial charge in [0, 0.05) is 18.8 Å². The van der Waals surface area contributed by atoms with Crippen molar-refractivity contribution >= 4 is 17.2 Å². The summed E-state index contributed by atoms with van der Waals surface area (Å²) in [6.07, 6.45) is 2.46. The van der Waals surface area contributed by atoms with Crippen LogP contribution in [-0.4, -0.2) is 16.0 Å². The number of aldehydes is 1. The smallest absolute Gasteiger partial charge is 0.152 e. The minimum Gasteiger partial charge on any atom is -0.507 e. The largest absolute Gasteiger partial charge is 0.507 e. The summed E-state index contributed by atoms with van der Waals surface area (Å²) < 4.78 is 1.82. The van der Waals surface area contributed by atoms with Gasteiger partial charge in [0.1, 0.15) is 5.75 Å². The van der Waals surface area contributed by atoms with Crippen LogP contribution in [0.25, 0.3) is 10.9 Å². The summed E-state index contributed by atoms with van der Waals surface area (Å²) in [6, 6.07) is 5.20. The average Bonchev–Trinajstić information content (AvgIpc) is 2.45. The van der Waals surface area contributed by atoms with Crippen molar-refractivity contribution in [3.8, 4) is 5.75 Å². The Bertz CT molecular complexity index is 471. The fraction of sp³-hybridized carbons (Fsp3) is 0.100. The second-order valence-corrected chi connectivity index (χ2v) is 2.98. The van der Waals surface area contributed by atoms with Gasteiger partial charge in [-0.1, -0.05) is 6.07 Å². The molecule has 0 radical (unpaired) electrons. The molecule has 0 fully saturated rings. The molecule has 66 valence electrons. The lowest BCUT2D eigenvalue weighted by Crippen LogP contribution is -1.82. The average molecular weight is 175 g/mol. The van der Waals surface area contributed by atoms with E-state index in [9.17, 15) is 9.90 Å². The Hall–Kier alpha value is -1.77. The molecule has 1 heterocycles. The number of hydrogen-bond acceptors (Lipinski definition) is 2. The first-order valence-electron chi connectivity index (χ1n) is 3.96. The lowest BCUT2D eigenvalue weighted by atomic mass is 10.2. The monoisotopic (exact) mass is 175 g/mol.